The van der Waals surface area contributed by atoms with Gasteiger partial charge in [-0.2, -0.15) is 5.11 Å². The molecule has 2 amide bonds. The second-order valence-corrected chi connectivity index (χ2v) is 0.848. The van der Waals surface area contributed by atoms with Crippen LogP contribution in [0.4, 0.5) is 4.79 Å². The van der Waals surface area contributed by atoms with Gasteiger partial charge >= 0.3 is 6.03 Å². The van der Waals surface area contributed by atoms with Gasteiger partial charge in [0.2, 0.25) is 0 Å². The van der Waals surface area contributed by atoms with Crippen molar-refractivity contribution in [1.82, 2.24) is 5.43 Å². The van der Waals surface area contributed by atoms with Crippen molar-refractivity contribution in [3.63, 3.8) is 0 Å². The number of amides is 2. The van der Waals surface area contributed by atoms with Crippen LogP contribution in [0.15, 0.2) is 23.0 Å². The molecule has 0 fully saturated rings. The predicted molar refractivity (Wildman–Crippen MR) is 27.8 cm³/mol. The van der Waals surface area contributed by atoms with Crippen molar-refractivity contribution >= 4 is 6.03 Å². The Kier molecular flexibility index (Phi) is 3.34. The van der Waals surface area contributed by atoms with E-state index in [1.54, 1.807) is 5.43 Å². The van der Waals surface area contributed by atoms with Gasteiger partial charge in [0.1, 0.15) is 0 Å². The van der Waals surface area contributed by atoms with Crippen LogP contribution in [-0.2, 0) is 0 Å². The highest BCUT2D eigenvalue weighted by atomic mass is 16.2. The molecule has 0 unspecified atom stereocenters. The molecule has 0 spiro atoms. The minimum absolute atomic E-state index is 0.690. The Morgan fingerprint density at radius 1 is 1.88 bits per heavy atom. The summed E-state index contributed by atoms with van der Waals surface area (Å²) in [5, 5.41) is 6.13. The molecule has 0 saturated heterocycles. The number of urea groups is 1. The molecule has 44 valence electrons. The van der Waals surface area contributed by atoms with Crippen molar-refractivity contribution in [2.75, 3.05) is 0 Å². The molecule has 0 aliphatic rings. The van der Waals surface area contributed by atoms with Gasteiger partial charge in [0.25, 0.3) is 0 Å². The van der Waals surface area contributed by atoms with Crippen LogP contribution in [0.25, 0.3) is 0 Å². The lowest BCUT2D eigenvalue weighted by Crippen LogP contribution is -2.26. The third-order valence-electron chi connectivity index (χ3n) is 0.354. The van der Waals surface area contributed by atoms with Gasteiger partial charge in [-0.25, -0.2) is 10.6 Å². The lowest BCUT2D eigenvalue weighted by atomic mass is 11.1. The molecule has 5 heteroatoms. The normalized spacial score (nSPS) is 9.12. The maximum absolute atomic E-state index is 10.0. The SMILES string of the molecule is C=CN=NC(=O)NN. The van der Waals surface area contributed by atoms with E-state index in [0.717, 1.165) is 6.20 Å². The number of azo groups is 1. The first kappa shape index (κ1) is 6.77. The van der Waals surface area contributed by atoms with Gasteiger partial charge < -0.3 is 0 Å². The molecule has 0 bridgehead atoms. The third-order valence-corrected chi connectivity index (χ3v) is 0.354. The summed E-state index contributed by atoms with van der Waals surface area (Å²) in [6.45, 7) is 3.19. The van der Waals surface area contributed by atoms with Gasteiger partial charge in [-0.1, -0.05) is 11.7 Å². The van der Waals surface area contributed by atoms with Gasteiger partial charge in [-0.3, -0.25) is 5.43 Å². The average Bonchev–Trinajstić information content (AvgIpc) is 1.83. The quantitative estimate of drug-likeness (QED) is 0.220. The number of nitrogens with one attached hydrogen (secondary N) is 1. The Balaban J connectivity index is 3.52. The second-order valence-electron chi connectivity index (χ2n) is 0.848. The van der Waals surface area contributed by atoms with E-state index in [-0.39, 0.29) is 0 Å². The van der Waals surface area contributed by atoms with Crippen molar-refractivity contribution in [2.45, 2.75) is 0 Å². The first-order chi connectivity index (χ1) is 3.81. The topological polar surface area (TPSA) is 79.8 Å². The molecule has 8 heavy (non-hydrogen) atoms. The smallest absolute Gasteiger partial charge is 0.273 e. The summed E-state index contributed by atoms with van der Waals surface area (Å²) in [6, 6.07) is -0.690. The molecule has 0 radical (unpaired) electrons. The summed E-state index contributed by atoms with van der Waals surface area (Å²) in [5.41, 5.74) is 1.75. The fourth-order valence-electron chi connectivity index (χ4n) is 0.122. The van der Waals surface area contributed by atoms with Gasteiger partial charge in [0.15, 0.2) is 0 Å². The zero-order valence-corrected chi connectivity index (χ0v) is 4.16. The van der Waals surface area contributed by atoms with Crippen molar-refractivity contribution < 1.29 is 4.79 Å². The van der Waals surface area contributed by atoms with Crippen LogP contribution in [0.5, 0.6) is 0 Å². The lowest BCUT2D eigenvalue weighted by molar-refractivity contribution is 0.248. The second kappa shape index (κ2) is 3.94. The van der Waals surface area contributed by atoms with E-state index in [0.29, 0.717) is 0 Å². The van der Waals surface area contributed by atoms with E-state index in [1.807, 2.05) is 0 Å². The fourth-order valence-corrected chi connectivity index (χ4v) is 0.122. The largest absolute Gasteiger partial charge is 0.373 e. The van der Waals surface area contributed by atoms with Crippen molar-refractivity contribution in [3.05, 3.63) is 12.8 Å². The van der Waals surface area contributed by atoms with E-state index in [9.17, 15) is 4.79 Å². The van der Waals surface area contributed by atoms with E-state index in [2.05, 4.69) is 22.7 Å². The van der Waals surface area contributed by atoms with Crippen LogP contribution in [0.2, 0.25) is 0 Å². The molecule has 0 aromatic rings. The van der Waals surface area contributed by atoms with Gasteiger partial charge in [-0.15, -0.1) is 0 Å². The molecular weight excluding hydrogens is 108 g/mol. The Hall–Kier alpha value is -1.23. The van der Waals surface area contributed by atoms with Crippen LogP contribution in [0, 0.1) is 0 Å². The van der Waals surface area contributed by atoms with Crippen LogP contribution in [-0.4, -0.2) is 6.03 Å². The van der Waals surface area contributed by atoms with Crippen molar-refractivity contribution in [3.8, 4) is 0 Å². The van der Waals surface area contributed by atoms with Crippen LogP contribution in [0.1, 0.15) is 0 Å². The predicted octanol–water partition coefficient (Wildman–Crippen LogP) is 0.165. The fraction of sp³-hybridized carbons (Fsp3) is 0. The lowest BCUT2D eigenvalue weighted by Gasteiger charge is -1.83. The summed E-state index contributed by atoms with van der Waals surface area (Å²) < 4.78 is 0. The molecule has 5 nitrogen and oxygen atoms in total. The van der Waals surface area contributed by atoms with Gasteiger partial charge in [-0.05, 0) is 0 Å². The van der Waals surface area contributed by atoms with Crippen LogP contribution < -0.4 is 11.3 Å². The number of nitrogens with zero attached hydrogens (tertiary/aromatic N) is 2. The molecule has 0 aliphatic heterocycles. The minimum Gasteiger partial charge on any atom is -0.273 e. The maximum Gasteiger partial charge on any atom is 0.373 e. The summed E-state index contributed by atoms with van der Waals surface area (Å²) in [4.78, 5) is 10.0. The zero-order valence-electron chi connectivity index (χ0n) is 4.16. The summed E-state index contributed by atoms with van der Waals surface area (Å²) in [5.74, 6) is 4.63. The number of hydrogen-bond acceptors (Lipinski definition) is 3. The average molecular weight is 114 g/mol. The molecule has 0 rings (SSSR count). The highest BCUT2D eigenvalue weighted by molar-refractivity contribution is 5.73. The van der Waals surface area contributed by atoms with E-state index in [1.165, 1.54) is 0 Å². The molecule has 0 heterocycles. The molecule has 3 N–H and O–H groups in total. The first-order valence-electron chi connectivity index (χ1n) is 1.83. The monoisotopic (exact) mass is 114 g/mol. The van der Waals surface area contributed by atoms with Gasteiger partial charge in [0.05, 0.1) is 0 Å². The zero-order chi connectivity index (χ0) is 6.41. The minimum atomic E-state index is -0.690. The van der Waals surface area contributed by atoms with E-state index >= 15 is 0 Å². The third kappa shape index (κ3) is 2.98. The van der Waals surface area contributed by atoms with E-state index in [4.69, 9.17) is 0 Å². The van der Waals surface area contributed by atoms with Gasteiger partial charge in [0, 0.05) is 6.20 Å². The Labute approximate surface area is 46.2 Å². The highest BCUT2D eigenvalue weighted by Gasteiger charge is 1.86. The summed E-state index contributed by atoms with van der Waals surface area (Å²) in [7, 11) is 0. The number of rotatable bonds is 1. The number of nitrogens with two attached hydrogens (primary N) is 1. The highest BCUT2D eigenvalue weighted by Crippen LogP contribution is 1.74. The van der Waals surface area contributed by atoms with Crippen molar-refractivity contribution in [2.24, 2.45) is 16.1 Å². The molecule has 0 aromatic heterocycles. The summed E-state index contributed by atoms with van der Waals surface area (Å²) in [6.07, 6.45) is 1.13. The van der Waals surface area contributed by atoms with E-state index < -0.39 is 6.03 Å². The molecule has 0 aromatic carbocycles. The van der Waals surface area contributed by atoms with Crippen molar-refractivity contribution in [1.29, 1.82) is 0 Å². The molecule has 0 aliphatic carbocycles. The maximum atomic E-state index is 10.0. The Morgan fingerprint density at radius 3 is 2.88 bits per heavy atom. The summed E-state index contributed by atoms with van der Waals surface area (Å²) >= 11 is 0. The molecule has 0 atom stereocenters. The number of carbonyl (C=O) groups is 1. The first-order valence-corrected chi connectivity index (χ1v) is 1.83. The van der Waals surface area contributed by atoms with Crippen LogP contribution >= 0.6 is 0 Å². The Morgan fingerprint density at radius 2 is 2.50 bits per heavy atom. The van der Waals surface area contributed by atoms with Crippen LogP contribution in [0.3, 0.4) is 0 Å². The molecule has 0 saturated carbocycles. The number of hydrogen-bond donors (Lipinski definition) is 2. The number of hydrazine groups is 1. The Bertz CT molecular complexity index is 118. The number of carbonyl (C=O) groups excluding carboxylic acids is 1. The standard InChI is InChI=1S/C3H6N4O/c1-2-5-7-3(8)6-4/h2H,1,4H2,(H,6,8). The molecular formula is C3H6N4O.